The lowest BCUT2D eigenvalue weighted by atomic mass is 10.0. The smallest absolute Gasteiger partial charge is 0.230 e. The fraction of sp³-hybridized carbons (Fsp3) is 0.174. The molecule has 0 unspecified atom stereocenters. The van der Waals surface area contributed by atoms with Crippen molar-refractivity contribution in [1.29, 1.82) is 0 Å². The Morgan fingerprint density at radius 3 is 2.87 bits per heavy atom. The summed E-state index contributed by atoms with van der Waals surface area (Å²) >= 11 is 0. The molecular weight excluding hydrogens is 396 g/mol. The summed E-state index contributed by atoms with van der Waals surface area (Å²) in [5.74, 6) is 2.39. The summed E-state index contributed by atoms with van der Waals surface area (Å²) < 4.78 is 16.6. The highest BCUT2D eigenvalue weighted by Gasteiger charge is 2.15. The average Bonchev–Trinajstić information content (AvgIpc) is 3.20. The van der Waals surface area contributed by atoms with Crippen molar-refractivity contribution in [3.8, 4) is 28.4 Å². The molecule has 2 N–H and O–H groups in total. The van der Waals surface area contributed by atoms with Crippen LogP contribution < -0.4 is 19.5 Å². The van der Waals surface area contributed by atoms with Gasteiger partial charge in [-0.05, 0) is 41.5 Å². The van der Waals surface area contributed by atoms with Crippen LogP contribution in [0.3, 0.4) is 0 Å². The van der Waals surface area contributed by atoms with E-state index in [-0.39, 0.29) is 12.3 Å². The number of rotatable bonds is 5. The van der Waals surface area contributed by atoms with Gasteiger partial charge in [0.1, 0.15) is 19.0 Å². The van der Waals surface area contributed by atoms with Crippen molar-refractivity contribution in [2.45, 2.75) is 6.42 Å². The van der Waals surface area contributed by atoms with Crippen LogP contribution in [0.5, 0.6) is 17.2 Å². The fourth-order valence-corrected chi connectivity index (χ4v) is 3.61. The van der Waals surface area contributed by atoms with Gasteiger partial charge in [0.2, 0.25) is 5.91 Å². The summed E-state index contributed by atoms with van der Waals surface area (Å²) in [6.45, 7) is 1.04. The molecule has 8 nitrogen and oxygen atoms in total. The van der Waals surface area contributed by atoms with Crippen molar-refractivity contribution in [2.75, 3.05) is 25.6 Å². The number of aromatic amines is 1. The van der Waals surface area contributed by atoms with Crippen LogP contribution in [0.2, 0.25) is 0 Å². The van der Waals surface area contributed by atoms with Gasteiger partial charge in [-0.2, -0.15) is 5.10 Å². The molecule has 0 fully saturated rings. The SMILES string of the molecule is COc1ccncc1-c1ccc2[nH]nc(NC(=O)Cc3ccc4c(c3)OCCO4)c2c1. The Morgan fingerprint density at radius 2 is 2.00 bits per heavy atom. The molecular formula is C23H20N4O4. The number of H-pyrrole nitrogens is 1. The predicted molar refractivity (Wildman–Crippen MR) is 116 cm³/mol. The van der Waals surface area contributed by atoms with E-state index in [0.717, 1.165) is 33.3 Å². The molecule has 2 aromatic carbocycles. The van der Waals surface area contributed by atoms with E-state index in [1.165, 1.54) is 0 Å². The molecule has 8 heteroatoms. The molecule has 5 rings (SSSR count). The summed E-state index contributed by atoms with van der Waals surface area (Å²) in [6, 6.07) is 13.2. The highest BCUT2D eigenvalue weighted by atomic mass is 16.6. The molecule has 0 radical (unpaired) electrons. The number of carbonyl (C=O) groups excluding carboxylic acids is 1. The molecule has 0 saturated carbocycles. The van der Waals surface area contributed by atoms with Crippen molar-refractivity contribution in [1.82, 2.24) is 15.2 Å². The van der Waals surface area contributed by atoms with E-state index in [4.69, 9.17) is 14.2 Å². The van der Waals surface area contributed by atoms with Gasteiger partial charge in [-0.3, -0.25) is 14.9 Å². The maximum Gasteiger partial charge on any atom is 0.230 e. The first kappa shape index (κ1) is 18.9. The second-order valence-electron chi connectivity index (χ2n) is 7.11. The van der Waals surface area contributed by atoms with Gasteiger partial charge in [0.15, 0.2) is 17.3 Å². The molecule has 1 aliphatic heterocycles. The molecule has 3 heterocycles. The highest BCUT2D eigenvalue weighted by molar-refractivity contribution is 6.01. The van der Waals surface area contributed by atoms with Crippen molar-refractivity contribution >= 4 is 22.6 Å². The van der Waals surface area contributed by atoms with E-state index >= 15 is 0 Å². The largest absolute Gasteiger partial charge is 0.496 e. The number of ether oxygens (including phenoxy) is 3. The number of hydrogen-bond donors (Lipinski definition) is 2. The highest BCUT2D eigenvalue weighted by Crippen LogP contribution is 2.33. The van der Waals surface area contributed by atoms with E-state index < -0.39 is 0 Å². The summed E-state index contributed by atoms with van der Waals surface area (Å²) in [6.07, 6.45) is 3.63. The van der Waals surface area contributed by atoms with Crippen LogP contribution in [-0.2, 0) is 11.2 Å². The zero-order chi connectivity index (χ0) is 21.2. The monoisotopic (exact) mass is 416 g/mol. The van der Waals surface area contributed by atoms with Crippen LogP contribution in [0.4, 0.5) is 5.82 Å². The van der Waals surface area contributed by atoms with Gasteiger partial charge in [0.05, 0.1) is 19.0 Å². The molecule has 4 aromatic rings. The molecule has 0 aliphatic carbocycles. The quantitative estimate of drug-likeness (QED) is 0.516. The Bertz CT molecular complexity index is 1270. The van der Waals surface area contributed by atoms with Gasteiger partial charge in [-0.25, -0.2) is 0 Å². The summed E-state index contributed by atoms with van der Waals surface area (Å²) in [4.78, 5) is 16.9. The Labute approximate surface area is 178 Å². The van der Waals surface area contributed by atoms with E-state index in [1.54, 1.807) is 19.5 Å². The number of amides is 1. The number of nitrogens with one attached hydrogen (secondary N) is 2. The third-order valence-electron chi connectivity index (χ3n) is 5.10. The van der Waals surface area contributed by atoms with E-state index in [2.05, 4.69) is 20.5 Å². The third-order valence-corrected chi connectivity index (χ3v) is 5.10. The Balaban J connectivity index is 1.38. The third kappa shape index (κ3) is 3.75. The first-order valence-electron chi connectivity index (χ1n) is 9.86. The molecule has 31 heavy (non-hydrogen) atoms. The van der Waals surface area contributed by atoms with Crippen LogP contribution in [-0.4, -0.2) is 41.4 Å². The first-order chi connectivity index (χ1) is 15.2. The van der Waals surface area contributed by atoms with Crippen LogP contribution in [0.15, 0.2) is 54.9 Å². The van der Waals surface area contributed by atoms with Crippen LogP contribution in [0.1, 0.15) is 5.56 Å². The van der Waals surface area contributed by atoms with Gasteiger partial charge in [0.25, 0.3) is 0 Å². The Hall–Kier alpha value is -4.07. The molecule has 0 spiro atoms. The Morgan fingerprint density at radius 1 is 1.13 bits per heavy atom. The number of fused-ring (bicyclic) bond motifs is 2. The molecule has 0 atom stereocenters. The van der Waals surface area contributed by atoms with Gasteiger partial charge in [-0.1, -0.05) is 12.1 Å². The van der Waals surface area contributed by atoms with E-state index in [0.29, 0.717) is 30.5 Å². The molecule has 2 aromatic heterocycles. The Kier molecular flexibility index (Phi) is 4.87. The molecule has 1 aliphatic rings. The summed E-state index contributed by atoms with van der Waals surface area (Å²) in [7, 11) is 1.62. The van der Waals surface area contributed by atoms with E-state index in [9.17, 15) is 4.79 Å². The van der Waals surface area contributed by atoms with Gasteiger partial charge < -0.3 is 19.5 Å². The number of hydrogen-bond acceptors (Lipinski definition) is 6. The van der Waals surface area contributed by atoms with Gasteiger partial charge >= 0.3 is 0 Å². The number of benzene rings is 2. The number of pyridine rings is 1. The summed E-state index contributed by atoms with van der Waals surface area (Å²) in [5, 5.41) is 10.9. The average molecular weight is 416 g/mol. The fourth-order valence-electron chi connectivity index (χ4n) is 3.61. The van der Waals surface area contributed by atoms with Gasteiger partial charge in [-0.15, -0.1) is 0 Å². The zero-order valence-corrected chi connectivity index (χ0v) is 16.8. The lowest BCUT2D eigenvalue weighted by molar-refractivity contribution is -0.115. The lowest BCUT2D eigenvalue weighted by Crippen LogP contribution is -2.17. The number of aromatic nitrogens is 3. The minimum atomic E-state index is -0.172. The topological polar surface area (TPSA) is 98.4 Å². The number of carbonyl (C=O) groups is 1. The maximum absolute atomic E-state index is 12.7. The minimum absolute atomic E-state index is 0.172. The van der Waals surface area contributed by atoms with Crippen LogP contribution in [0.25, 0.3) is 22.0 Å². The van der Waals surface area contributed by atoms with Crippen molar-refractivity contribution in [3.63, 3.8) is 0 Å². The standard InChI is InChI=1S/C23H20N4O4/c1-29-19-6-7-24-13-17(19)15-3-4-18-16(12-15)23(27-26-18)25-22(28)11-14-2-5-20-21(10-14)31-9-8-30-20/h2-7,10,12-13H,8-9,11H2,1H3,(H2,25,26,27,28). The zero-order valence-electron chi connectivity index (χ0n) is 16.8. The summed E-state index contributed by atoms with van der Waals surface area (Å²) in [5.41, 5.74) is 3.44. The van der Waals surface area contributed by atoms with Crippen molar-refractivity contribution < 1.29 is 19.0 Å². The second-order valence-corrected chi connectivity index (χ2v) is 7.11. The predicted octanol–water partition coefficient (Wildman–Crippen LogP) is 3.59. The van der Waals surface area contributed by atoms with Crippen molar-refractivity contribution in [2.24, 2.45) is 0 Å². The normalized spacial score (nSPS) is 12.5. The van der Waals surface area contributed by atoms with Gasteiger partial charge in [0, 0.05) is 23.3 Å². The maximum atomic E-state index is 12.7. The number of anilines is 1. The van der Waals surface area contributed by atoms with Crippen molar-refractivity contribution in [3.05, 3.63) is 60.4 Å². The minimum Gasteiger partial charge on any atom is -0.496 e. The van der Waals surface area contributed by atoms with Crippen LogP contribution >= 0.6 is 0 Å². The second kappa shape index (κ2) is 7.98. The molecule has 0 bridgehead atoms. The number of methoxy groups -OCH3 is 1. The molecule has 1 amide bonds. The molecule has 156 valence electrons. The molecule has 0 saturated heterocycles. The van der Waals surface area contributed by atoms with Crippen LogP contribution in [0, 0.1) is 0 Å². The first-order valence-corrected chi connectivity index (χ1v) is 9.86. The lowest BCUT2D eigenvalue weighted by Gasteiger charge is -2.18. The number of nitrogens with zero attached hydrogens (tertiary/aromatic N) is 2. The van der Waals surface area contributed by atoms with E-state index in [1.807, 2.05) is 42.5 Å².